The second-order valence-corrected chi connectivity index (χ2v) is 5.84. The van der Waals surface area contributed by atoms with Crippen molar-refractivity contribution in [3.05, 3.63) is 38.7 Å². The van der Waals surface area contributed by atoms with E-state index in [-0.39, 0.29) is 5.03 Å². The van der Waals surface area contributed by atoms with E-state index < -0.39 is 12.3 Å². The summed E-state index contributed by atoms with van der Waals surface area (Å²) in [6.07, 6.45) is -0.691. The number of esters is 1. The lowest BCUT2D eigenvalue weighted by Crippen LogP contribution is -2.14. The quantitative estimate of drug-likeness (QED) is 0.772. The lowest BCUT2D eigenvalue weighted by atomic mass is 10.4. The van der Waals surface area contributed by atoms with E-state index in [2.05, 4.69) is 15.9 Å². The van der Waals surface area contributed by atoms with Crippen molar-refractivity contribution in [1.29, 1.82) is 0 Å². The van der Waals surface area contributed by atoms with E-state index in [1.54, 1.807) is 0 Å². The smallest absolute Gasteiger partial charge is 0.353 e. The van der Waals surface area contributed by atoms with Crippen LogP contribution < -0.4 is 0 Å². The van der Waals surface area contributed by atoms with Crippen molar-refractivity contribution in [3.63, 3.8) is 0 Å². The van der Waals surface area contributed by atoms with Gasteiger partial charge < -0.3 is 9.47 Å². The Labute approximate surface area is 123 Å². The number of carbonyl (C=O) groups is 1. The van der Waals surface area contributed by atoms with Crippen LogP contribution in [0.4, 0.5) is 0 Å². The first-order valence-corrected chi connectivity index (χ1v) is 7.26. The molecular formula is C12H10BrClO3S. The molecular weight excluding hydrogens is 340 g/mol. The lowest BCUT2D eigenvalue weighted by Gasteiger charge is -2.13. The van der Waals surface area contributed by atoms with Crippen LogP contribution >= 0.6 is 39.3 Å². The molecule has 6 heteroatoms. The van der Waals surface area contributed by atoms with Gasteiger partial charge in [0.1, 0.15) is 5.03 Å². The largest absolute Gasteiger partial charge is 0.426 e. The monoisotopic (exact) mass is 348 g/mol. The van der Waals surface area contributed by atoms with E-state index in [0.717, 1.165) is 9.37 Å². The zero-order valence-corrected chi connectivity index (χ0v) is 12.6. The van der Waals surface area contributed by atoms with Crippen LogP contribution in [0.1, 0.15) is 6.92 Å². The normalized spacial score (nSPS) is 19.3. The van der Waals surface area contributed by atoms with Crippen molar-refractivity contribution >= 4 is 45.3 Å². The van der Waals surface area contributed by atoms with Crippen LogP contribution in [-0.2, 0) is 14.3 Å². The molecule has 0 saturated carbocycles. The first-order chi connectivity index (χ1) is 8.61. The fourth-order valence-electron chi connectivity index (χ4n) is 1.39. The molecule has 0 amide bonds. The van der Waals surface area contributed by atoms with Crippen LogP contribution in [0, 0.1) is 0 Å². The number of cyclic esters (lactones) is 1. The molecule has 0 unspecified atom stereocenters. The van der Waals surface area contributed by atoms with Crippen LogP contribution in [0.3, 0.4) is 0 Å². The third kappa shape index (κ3) is 3.09. The van der Waals surface area contributed by atoms with Gasteiger partial charge >= 0.3 is 5.97 Å². The minimum absolute atomic E-state index is 0.0985. The molecule has 1 aromatic carbocycles. The molecule has 1 heterocycles. The van der Waals surface area contributed by atoms with Gasteiger partial charge in [-0.05, 0) is 31.2 Å². The summed E-state index contributed by atoms with van der Waals surface area (Å²) in [5.41, 5.74) is 0. The summed E-state index contributed by atoms with van der Waals surface area (Å²) in [5.74, 6) is -0.533. The van der Waals surface area contributed by atoms with Crippen molar-refractivity contribution in [3.8, 4) is 0 Å². The summed E-state index contributed by atoms with van der Waals surface area (Å²) in [6, 6.07) is 7.70. The van der Waals surface area contributed by atoms with Crippen LogP contribution in [0.2, 0.25) is 0 Å². The Bertz CT molecular complexity index is 487. The van der Waals surface area contributed by atoms with Crippen LogP contribution in [-0.4, -0.2) is 18.9 Å². The first-order valence-electron chi connectivity index (χ1n) is 5.27. The number of hydrogen-bond acceptors (Lipinski definition) is 4. The molecule has 0 fully saturated rings. The van der Waals surface area contributed by atoms with Crippen LogP contribution in [0.5, 0.6) is 0 Å². The fourth-order valence-corrected chi connectivity index (χ4v) is 2.82. The summed E-state index contributed by atoms with van der Waals surface area (Å²) < 4.78 is 11.4. The molecule has 0 saturated heterocycles. The van der Waals surface area contributed by atoms with Crippen molar-refractivity contribution < 1.29 is 14.3 Å². The van der Waals surface area contributed by atoms with Gasteiger partial charge in [-0.3, -0.25) is 0 Å². The molecule has 0 N–H and O–H groups in total. The SMILES string of the molecule is CCO[C@H]1OC(=O)C(Cl)=C1Sc1ccc(Br)cc1. The molecule has 0 radical (unpaired) electrons. The standard InChI is InChI=1S/C12H10BrClO3S/c1-2-16-12-10(9(14)11(15)17-12)18-8-5-3-7(13)4-6-8/h3-6,12H,2H2,1H3/t12-/m0/s1. The summed E-state index contributed by atoms with van der Waals surface area (Å²) >= 11 is 10.7. The molecule has 0 aliphatic carbocycles. The van der Waals surface area contributed by atoms with E-state index in [0.29, 0.717) is 11.5 Å². The van der Waals surface area contributed by atoms with Gasteiger partial charge in [0.15, 0.2) is 0 Å². The molecule has 3 nitrogen and oxygen atoms in total. The number of ether oxygens (including phenoxy) is 2. The van der Waals surface area contributed by atoms with Gasteiger partial charge in [0.05, 0.1) is 4.91 Å². The molecule has 1 aliphatic rings. The fraction of sp³-hybridized carbons (Fsp3) is 0.250. The topological polar surface area (TPSA) is 35.5 Å². The third-order valence-corrected chi connectivity index (χ3v) is 4.31. The van der Waals surface area contributed by atoms with Crippen LogP contribution in [0.25, 0.3) is 0 Å². The molecule has 0 aromatic heterocycles. The summed E-state index contributed by atoms with van der Waals surface area (Å²) in [6.45, 7) is 2.29. The number of thioether (sulfide) groups is 1. The number of carbonyl (C=O) groups excluding carboxylic acids is 1. The Morgan fingerprint density at radius 2 is 2.11 bits per heavy atom. The van der Waals surface area contributed by atoms with Gasteiger partial charge in [0, 0.05) is 16.0 Å². The van der Waals surface area contributed by atoms with E-state index in [1.807, 2.05) is 31.2 Å². The van der Waals surface area contributed by atoms with E-state index >= 15 is 0 Å². The highest BCUT2D eigenvalue weighted by molar-refractivity contribution is 9.10. The zero-order chi connectivity index (χ0) is 13.1. The Hall–Kier alpha value is -0.490. The van der Waals surface area contributed by atoms with Gasteiger partial charge in [-0.15, -0.1) is 0 Å². The van der Waals surface area contributed by atoms with Crippen LogP contribution in [0.15, 0.2) is 43.6 Å². The first kappa shape index (κ1) is 13.9. The molecule has 2 rings (SSSR count). The van der Waals surface area contributed by atoms with Gasteiger partial charge in [0.25, 0.3) is 0 Å². The van der Waals surface area contributed by atoms with Gasteiger partial charge in [-0.2, -0.15) is 0 Å². The van der Waals surface area contributed by atoms with Crippen molar-refractivity contribution in [2.45, 2.75) is 18.1 Å². The van der Waals surface area contributed by atoms with Crippen molar-refractivity contribution in [1.82, 2.24) is 0 Å². The van der Waals surface area contributed by atoms with Crippen molar-refractivity contribution in [2.75, 3.05) is 6.61 Å². The predicted molar refractivity (Wildman–Crippen MR) is 74.4 cm³/mol. The number of halogens is 2. The average Bonchev–Trinajstić information content (AvgIpc) is 2.60. The molecule has 1 aromatic rings. The second kappa shape index (κ2) is 6.10. The minimum Gasteiger partial charge on any atom is -0.426 e. The maximum absolute atomic E-state index is 11.4. The third-order valence-electron chi connectivity index (χ3n) is 2.18. The lowest BCUT2D eigenvalue weighted by molar-refractivity contribution is -0.157. The van der Waals surface area contributed by atoms with E-state index in [9.17, 15) is 4.79 Å². The van der Waals surface area contributed by atoms with E-state index in [1.165, 1.54) is 11.8 Å². The number of hydrogen-bond donors (Lipinski definition) is 0. The Morgan fingerprint density at radius 3 is 2.72 bits per heavy atom. The van der Waals surface area contributed by atoms with Gasteiger partial charge in [-0.1, -0.05) is 39.3 Å². The number of benzene rings is 1. The second-order valence-electron chi connectivity index (χ2n) is 3.43. The molecule has 1 atom stereocenters. The Balaban J connectivity index is 2.19. The minimum atomic E-state index is -0.691. The summed E-state index contributed by atoms with van der Waals surface area (Å²) in [7, 11) is 0. The highest BCUT2D eigenvalue weighted by Crippen LogP contribution is 2.39. The molecule has 0 bridgehead atoms. The zero-order valence-electron chi connectivity index (χ0n) is 9.48. The predicted octanol–water partition coefficient (Wildman–Crippen LogP) is 3.91. The maximum atomic E-state index is 11.4. The van der Waals surface area contributed by atoms with Gasteiger partial charge in [-0.25, -0.2) is 4.79 Å². The highest BCUT2D eigenvalue weighted by atomic mass is 79.9. The summed E-state index contributed by atoms with van der Waals surface area (Å²) in [4.78, 5) is 13.0. The average molecular weight is 350 g/mol. The number of rotatable bonds is 4. The maximum Gasteiger partial charge on any atom is 0.353 e. The van der Waals surface area contributed by atoms with Gasteiger partial charge in [0.2, 0.25) is 6.29 Å². The van der Waals surface area contributed by atoms with Crippen molar-refractivity contribution in [2.24, 2.45) is 0 Å². The van der Waals surface area contributed by atoms with E-state index in [4.69, 9.17) is 21.1 Å². The Kier molecular flexibility index (Phi) is 4.72. The molecule has 0 spiro atoms. The molecule has 18 heavy (non-hydrogen) atoms. The molecule has 96 valence electrons. The summed E-state index contributed by atoms with van der Waals surface area (Å²) in [5, 5.41) is 0.0985. The molecule has 1 aliphatic heterocycles. The highest BCUT2D eigenvalue weighted by Gasteiger charge is 2.34. The Morgan fingerprint density at radius 1 is 1.44 bits per heavy atom.